The van der Waals surface area contributed by atoms with Crippen LogP contribution in [0, 0.1) is 0 Å². The molecule has 0 amide bonds. The summed E-state index contributed by atoms with van der Waals surface area (Å²) in [5.41, 5.74) is 0. The Bertz CT molecular complexity index is 27.3. The predicted octanol–water partition coefficient (Wildman–Crippen LogP) is 1.21. The Balaban J connectivity index is 2.45. The smallest absolute Gasteiger partial charge is 0.00980 e. The van der Waals surface area contributed by atoms with Crippen LogP contribution < -0.4 is 5.32 Å². The van der Waals surface area contributed by atoms with E-state index in [2.05, 4.69) is 21.5 Å². The highest BCUT2D eigenvalue weighted by Crippen LogP contribution is 1.82. The van der Waals surface area contributed by atoms with Crippen LogP contribution in [0.15, 0.2) is 0 Å². The molecule has 1 atom stereocenters. The summed E-state index contributed by atoms with van der Waals surface area (Å²) in [6, 6.07) is 0. The van der Waals surface area contributed by atoms with E-state index in [0.717, 1.165) is 6.29 Å². The molecule has 0 heterocycles. The van der Waals surface area contributed by atoms with Crippen molar-refractivity contribution in [3.63, 3.8) is 0 Å². The lowest BCUT2D eigenvalue weighted by Crippen LogP contribution is -2.11. The molecule has 0 aliphatic heterocycles. The topological polar surface area (TPSA) is 12.0 Å². The van der Waals surface area contributed by atoms with E-state index in [9.17, 15) is 0 Å². The van der Waals surface area contributed by atoms with Gasteiger partial charge in [-0.25, -0.2) is 0 Å². The van der Waals surface area contributed by atoms with Gasteiger partial charge >= 0.3 is 0 Å². The fraction of sp³-hybridized carbons (Fsp3) is 1.00. The maximum absolute atomic E-state index is 3.21. The van der Waals surface area contributed by atoms with Crippen LogP contribution in [-0.4, -0.2) is 12.8 Å². The monoisotopic (exact) mass is 119 g/mol. The summed E-state index contributed by atoms with van der Waals surface area (Å²) in [6.07, 6.45) is 3.62. The maximum atomic E-state index is 3.21. The van der Waals surface area contributed by atoms with Crippen molar-refractivity contribution in [3.05, 3.63) is 0 Å². The molecule has 0 fully saturated rings. The first kappa shape index (κ1) is 7.39. The normalized spacial score (nSPS) is 9.43. The molecule has 0 aliphatic rings. The maximum Gasteiger partial charge on any atom is 0.00980 e. The van der Waals surface area contributed by atoms with E-state index >= 15 is 0 Å². The van der Waals surface area contributed by atoms with Crippen molar-refractivity contribution in [2.45, 2.75) is 19.8 Å². The molecule has 1 unspecified atom stereocenters. The highest BCUT2D eigenvalue weighted by Gasteiger charge is 1.77. The van der Waals surface area contributed by atoms with Gasteiger partial charge < -0.3 is 5.32 Å². The molecule has 44 valence electrons. The summed E-state index contributed by atoms with van der Waals surface area (Å²) in [5.74, 6) is 0. The number of nitrogens with one attached hydrogen (secondary N) is 1. The summed E-state index contributed by atoms with van der Waals surface area (Å²) < 4.78 is 0. The molecule has 0 saturated heterocycles. The van der Waals surface area contributed by atoms with Crippen LogP contribution in [0.3, 0.4) is 0 Å². The molecule has 0 bridgehead atoms. The van der Waals surface area contributed by atoms with Gasteiger partial charge in [-0.05, 0) is 13.0 Å². The lowest BCUT2D eigenvalue weighted by Gasteiger charge is -1.94. The fourth-order valence-electron chi connectivity index (χ4n) is 0.404. The molecular formula is C5H14NP. The molecule has 0 rings (SSSR count). The zero-order valence-electron chi connectivity index (χ0n) is 4.91. The van der Waals surface area contributed by atoms with Gasteiger partial charge in [0.2, 0.25) is 0 Å². The van der Waals surface area contributed by atoms with Crippen LogP contribution in [0.1, 0.15) is 19.8 Å². The van der Waals surface area contributed by atoms with Crippen molar-refractivity contribution in [1.82, 2.24) is 5.32 Å². The molecule has 0 aliphatic carbocycles. The Hall–Kier alpha value is 0.390. The number of hydrogen-bond donors (Lipinski definition) is 1. The summed E-state index contributed by atoms with van der Waals surface area (Å²) in [4.78, 5) is 0. The van der Waals surface area contributed by atoms with Gasteiger partial charge in [0.25, 0.3) is 0 Å². The molecule has 0 aromatic rings. The van der Waals surface area contributed by atoms with E-state index in [1.807, 2.05) is 0 Å². The third kappa shape index (κ3) is 6.39. The molecule has 0 aromatic carbocycles. The largest absolute Gasteiger partial charge is 0.313 e. The lowest BCUT2D eigenvalue weighted by atomic mass is 10.3. The van der Waals surface area contributed by atoms with E-state index in [-0.39, 0.29) is 0 Å². The van der Waals surface area contributed by atoms with E-state index in [0.29, 0.717) is 0 Å². The second kappa shape index (κ2) is 6.39. The zero-order chi connectivity index (χ0) is 5.54. The predicted molar refractivity (Wildman–Crippen MR) is 37.5 cm³/mol. The van der Waals surface area contributed by atoms with Gasteiger partial charge in [-0.2, -0.15) is 0 Å². The molecule has 1 nitrogen and oxygen atoms in total. The van der Waals surface area contributed by atoms with Crippen LogP contribution in [0.2, 0.25) is 0 Å². The summed E-state index contributed by atoms with van der Waals surface area (Å²) >= 11 is 0. The average Bonchev–Trinajstić information content (AvgIpc) is 1.69. The second-order valence-electron chi connectivity index (χ2n) is 1.56. The van der Waals surface area contributed by atoms with Crippen molar-refractivity contribution < 1.29 is 0 Å². The van der Waals surface area contributed by atoms with Crippen LogP contribution in [0.4, 0.5) is 0 Å². The minimum Gasteiger partial charge on any atom is -0.313 e. The second-order valence-corrected chi connectivity index (χ2v) is 1.97. The first-order valence-electron chi connectivity index (χ1n) is 2.82. The van der Waals surface area contributed by atoms with Gasteiger partial charge in [0, 0.05) is 6.29 Å². The van der Waals surface area contributed by atoms with Crippen molar-refractivity contribution in [2.75, 3.05) is 12.8 Å². The van der Waals surface area contributed by atoms with Gasteiger partial charge in [0.05, 0.1) is 0 Å². The quantitative estimate of drug-likeness (QED) is 0.433. The zero-order valence-corrected chi connectivity index (χ0v) is 6.06. The van der Waals surface area contributed by atoms with Crippen LogP contribution in [-0.2, 0) is 0 Å². The first-order valence-corrected chi connectivity index (χ1v) is 3.64. The highest BCUT2D eigenvalue weighted by atomic mass is 31.0. The van der Waals surface area contributed by atoms with E-state index in [1.54, 1.807) is 0 Å². The van der Waals surface area contributed by atoms with Crippen molar-refractivity contribution in [2.24, 2.45) is 0 Å². The fourth-order valence-corrected chi connectivity index (χ4v) is 0.608. The molecular weight excluding hydrogens is 105 g/mol. The minimum atomic E-state index is 1.03. The highest BCUT2D eigenvalue weighted by molar-refractivity contribution is 7.16. The SMILES string of the molecule is CCCCNCP. The minimum absolute atomic E-state index is 1.03. The number of hydrogen-bond acceptors (Lipinski definition) is 1. The van der Waals surface area contributed by atoms with Crippen molar-refractivity contribution in [3.8, 4) is 0 Å². The van der Waals surface area contributed by atoms with Crippen LogP contribution in [0.5, 0.6) is 0 Å². The van der Waals surface area contributed by atoms with Gasteiger partial charge in [-0.3, -0.25) is 0 Å². The Morgan fingerprint density at radius 1 is 1.57 bits per heavy atom. The molecule has 0 saturated carbocycles. The number of rotatable bonds is 4. The summed E-state index contributed by atoms with van der Waals surface area (Å²) in [5, 5.41) is 3.21. The molecule has 7 heavy (non-hydrogen) atoms. The standard InChI is InChI=1S/C5H14NP/c1-2-3-4-6-5-7/h6H,2-5,7H2,1H3. The van der Waals surface area contributed by atoms with E-state index in [4.69, 9.17) is 0 Å². The number of unbranched alkanes of at least 4 members (excludes halogenated alkanes) is 1. The molecule has 1 N–H and O–H groups in total. The third-order valence-corrected chi connectivity index (χ3v) is 1.14. The van der Waals surface area contributed by atoms with Gasteiger partial charge in [-0.15, -0.1) is 9.24 Å². The Morgan fingerprint density at radius 3 is 2.71 bits per heavy atom. The van der Waals surface area contributed by atoms with E-state index < -0.39 is 0 Å². The first-order chi connectivity index (χ1) is 3.41. The molecule has 0 spiro atoms. The van der Waals surface area contributed by atoms with Gasteiger partial charge in [-0.1, -0.05) is 13.3 Å². The summed E-state index contributed by atoms with van der Waals surface area (Å²) in [7, 11) is 2.64. The Kier molecular flexibility index (Phi) is 6.75. The molecule has 2 heteroatoms. The summed E-state index contributed by atoms with van der Waals surface area (Å²) in [6.45, 7) is 3.37. The molecule has 0 radical (unpaired) electrons. The average molecular weight is 119 g/mol. The van der Waals surface area contributed by atoms with Gasteiger partial charge in [0.1, 0.15) is 0 Å². The van der Waals surface area contributed by atoms with Crippen molar-refractivity contribution in [1.29, 1.82) is 0 Å². The molecule has 0 aromatic heterocycles. The third-order valence-electron chi connectivity index (χ3n) is 0.851. The van der Waals surface area contributed by atoms with Crippen LogP contribution in [0.25, 0.3) is 0 Å². The van der Waals surface area contributed by atoms with E-state index in [1.165, 1.54) is 19.4 Å². The van der Waals surface area contributed by atoms with Crippen molar-refractivity contribution >= 4 is 9.24 Å². The Labute approximate surface area is 48.1 Å². The van der Waals surface area contributed by atoms with Gasteiger partial charge in [0.15, 0.2) is 0 Å². The lowest BCUT2D eigenvalue weighted by molar-refractivity contribution is 0.700. The Morgan fingerprint density at radius 2 is 2.29 bits per heavy atom. The van der Waals surface area contributed by atoms with Crippen LogP contribution >= 0.6 is 9.24 Å².